The molecule has 0 aromatic carbocycles. The molecule has 1 rings (SSSR count). The van der Waals surface area contributed by atoms with Gasteiger partial charge in [-0.2, -0.15) is 0 Å². The van der Waals surface area contributed by atoms with E-state index in [1.54, 1.807) is 0 Å². The lowest BCUT2D eigenvalue weighted by molar-refractivity contribution is -0.153. The molecule has 3 nitrogen and oxygen atoms in total. The quantitative estimate of drug-likeness (QED) is 0.178. The number of carbonyl (C=O) groups excluding carboxylic acids is 2. The zero-order valence-electron chi connectivity index (χ0n) is 14.9. The summed E-state index contributed by atoms with van der Waals surface area (Å²) in [6.07, 6.45) is 20.9. The van der Waals surface area contributed by atoms with Gasteiger partial charge < -0.3 is 4.74 Å². The summed E-state index contributed by atoms with van der Waals surface area (Å²) in [6, 6.07) is 0. The van der Waals surface area contributed by atoms with Gasteiger partial charge >= 0.3 is 11.9 Å². The highest BCUT2D eigenvalue weighted by atomic mass is 16.6. The zero-order valence-corrected chi connectivity index (χ0v) is 14.9. The van der Waals surface area contributed by atoms with Crippen molar-refractivity contribution in [1.82, 2.24) is 0 Å². The van der Waals surface area contributed by atoms with Gasteiger partial charge in [0.1, 0.15) is 0 Å². The van der Waals surface area contributed by atoms with Gasteiger partial charge in [-0.05, 0) is 32.1 Å². The summed E-state index contributed by atoms with van der Waals surface area (Å²) < 4.78 is 4.56. The van der Waals surface area contributed by atoms with Crippen LogP contribution in [0.4, 0.5) is 0 Å². The average molecular weight is 322 g/mol. The maximum absolute atomic E-state index is 11.3. The molecule has 3 heteroatoms. The lowest BCUT2D eigenvalue weighted by Gasteiger charge is -2.04. The Hall–Kier alpha value is -1.12. The lowest BCUT2D eigenvalue weighted by Crippen LogP contribution is -2.06. The van der Waals surface area contributed by atoms with Crippen LogP contribution in [0.1, 0.15) is 96.8 Å². The van der Waals surface area contributed by atoms with Gasteiger partial charge in [0, 0.05) is 0 Å². The molecule has 0 saturated carbocycles. The van der Waals surface area contributed by atoms with E-state index in [2.05, 4.69) is 23.8 Å². The molecule has 1 aliphatic heterocycles. The van der Waals surface area contributed by atoms with Crippen molar-refractivity contribution in [3.05, 3.63) is 12.2 Å². The smallest absolute Gasteiger partial charge is 0.317 e. The Morgan fingerprint density at radius 3 is 2.00 bits per heavy atom. The van der Waals surface area contributed by atoms with Crippen molar-refractivity contribution < 1.29 is 14.3 Å². The standard InChI is InChI=1S/C20H34O3/c1-2-3-4-5-6-7-8-9-10-11-12-13-14-15-16-18-17-19(21)23-20(18)22/h8-9,18H,2-7,10-17H2,1H3/b9-8+. The van der Waals surface area contributed by atoms with Crippen LogP contribution in [-0.2, 0) is 14.3 Å². The van der Waals surface area contributed by atoms with E-state index in [0.29, 0.717) is 6.42 Å². The Morgan fingerprint density at radius 1 is 0.870 bits per heavy atom. The minimum absolute atomic E-state index is 0.164. The Labute approximate surface area is 141 Å². The van der Waals surface area contributed by atoms with Crippen LogP contribution in [0.15, 0.2) is 12.2 Å². The predicted octanol–water partition coefficient (Wildman–Crippen LogP) is 5.72. The van der Waals surface area contributed by atoms with E-state index in [-0.39, 0.29) is 17.9 Å². The second-order valence-corrected chi connectivity index (χ2v) is 6.71. The first-order valence-electron chi connectivity index (χ1n) is 9.63. The fraction of sp³-hybridized carbons (Fsp3) is 0.800. The molecule has 0 N–H and O–H groups in total. The SMILES string of the molecule is CCCCCCC/C=C/CCCCCCCC1CC(=O)OC1=O. The van der Waals surface area contributed by atoms with Gasteiger partial charge in [0.25, 0.3) is 0 Å². The van der Waals surface area contributed by atoms with Gasteiger partial charge in [0.2, 0.25) is 0 Å². The van der Waals surface area contributed by atoms with Gasteiger partial charge in [0.15, 0.2) is 0 Å². The van der Waals surface area contributed by atoms with Gasteiger partial charge in [0.05, 0.1) is 12.3 Å². The molecule has 1 heterocycles. The van der Waals surface area contributed by atoms with E-state index in [9.17, 15) is 9.59 Å². The van der Waals surface area contributed by atoms with Crippen molar-refractivity contribution in [1.29, 1.82) is 0 Å². The monoisotopic (exact) mass is 322 g/mol. The minimum atomic E-state index is -0.350. The summed E-state index contributed by atoms with van der Waals surface area (Å²) in [7, 11) is 0. The molecule has 0 bridgehead atoms. The van der Waals surface area contributed by atoms with E-state index in [1.165, 1.54) is 64.2 Å². The van der Waals surface area contributed by atoms with Crippen molar-refractivity contribution in [2.24, 2.45) is 5.92 Å². The van der Waals surface area contributed by atoms with Gasteiger partial charge in [-0.15, -0.1) is 0 Å². The van der Waals surface area contributed by atoms with Crippen molar-refractivity contribution in [2.45, 2.75) is 96.8 Å². The number of ether oxygens (including phenoxy) is 1. The van der Waals surface area contributed by atoms with Crippen LogP contribution in [-0.4, -0.2) is 11.9 Å². The minimum Gasteiger partial charge on any atom is -0.393 e. The Balaban J connectivity index is 1.81. The molecule has 1 saturated heterocycles. The number of unbranched alkanes of at least 4 members (excludes halogenated alkanes) is 10. The molecule has 0 aromatic heterocycles. The first-order valence-corrected chi connectivity index (χ1v) is 9.63. The van der Waals surface area contributed by atoms with Gasteiger partial charge in [-0.1, -0.05) is 70.4 Å². The zero-order chi connectivity index (χ0) is 16.8. The third-order valence-corrected chi connectivity index (χ3v) is 4.53. The first-order chi connectivity index (χ1) is 11.2. The third-order valence-electron chi connectivity index (χ3n) is 4.53. The average Bonchev–Trinajstić information content (AvgIpc) is 2.85. The highest BCUT2D eigenvalue weighted by Crippen LogP contribution is 2.22. The number of esters is 2. The van der Waals surface area contributed by atoms with Gasteiger partial charge in [-0.25, -0.2) is 0 Å². The highest BCUT2D eigenvalue weighted by molar-refractivity contribution is 5.94. The molecule has 0 radical (unpaired) electrons. The van der Waals surface area contributed by atoms with Crippen molar-refractivity contribution in [3.63, 3.8) is 0 Å². The van der Waals surface area contributed by atoms with E-state index >= 15 is 0 Å². The van der Waals surface area contributed by atoms with E-state index < -0.39 is 0 Å². The largest absolute Gasteiger partial charge is 0.393 e. The third kappa shape index (κ3) is 10.3. The number of rotatable bonds is 14. The van der Waals surface area contributed by atoms with Crippen LogP contribution in [0, 0.1) is 5.92 Å². The second-order valence-electron chi connectivity index (χ2n) is 6.71. The Morgan fingerprint density at radius 2 is 1.43 bits per heavy atom. The first kappa shape index (κ1) is 19.9. The summed E-state index contributed by atoms with van der Waals surface area (Å²) in [4.78, 5) is 22.3. The number of carbonyl (C=O) groups is 2. The second kappa shape index (κ2) is 13.3. The summed E-state index contributed by atoms with van der Waals surface area (Å²) in [5.74, 6) is -0.824. The van der Waals surface area contributed by atoms with Crippen molar-refractivity contribution in [2.75, 3.05) is 0 Å². The van der Waals surface area contributed by atoms with E-state index in [4.69, 9.17) is 0 Å². The molecule has 0 amide bonds. The van der Waals surface area contributed by atoms with Crippen LogP contribution in [0.5, 0.6) is 0 Å². The number of hydrogen-bond donors (Lipinski definition) is 0. The summed E-state index contributed by atoms with van der Waals surface area (Å²) in [5, 5.41) is 0. The topological polar surface area (TPSA) is 43.4 Å². The van der Waals surface area contributed by atoms with Crippen LogP contribution in [0.2, 0.25) is 0 Å². The molecule has 1 fully saturated rings. The summed E-state index contributed by atoms with van der Waals surface area (Å²) in [6.45, 7) is 2.25. The van der Waals surface area contributed by atoms with Crippen LogP contribution in [0.25, 0.3) is 0 Å². The number of allylic oxidation sites excluding steroid dienone is 2. The number of hydrogen-bond acceptors (Lipinski definition) is 3. The molecule has 1 atom stereocenters. The molecule has 1 unspecified atom stereocenters. The van der Waals surface area contributed by atoms with Gasteiger partial charge in [-0.3, -0.25) is 9.59 Å². The van der Waals surface area contributed by atoms with Crippen molar-refractivity contribution in [3.8, 4) is 0 Å². The Bertz CT molecular complexity index is 360. The molecule has 1 aliphatic rings. The molecular formula is C20H34O3. The van der Waals surface area contributed by atoms with Crippen molar-refractivity contribution >= 4 is 11.9 Å². The normalized spacial score (nSPS) is 18.0. The highest BCUT2D eigenvalue weighted by Gasteiger charge is 2.32. The summed E-state index contributed by atoms with van der Waals surface area (Å²) in [5.41, 5.74) is 0. The van der Waals surface area contributed by atoms with Crippen LogP contribution >= 0.6 is 0 Å². The van der Waals surface area contributed by atoms with Crippen LogP contribution in [0.3, 0.4) is 0 Å². The van der Waals surface area contributed by atoms with Crippen LogP contribution < -0.4 is 0 Å². The molecule has 0 aromatic rings. The molecule has 0 aliphatic carbocycles. The fourth-order valence-corrected chi connectivity index (χ4v) is 3.03. The Kier molecular flexibility index (Phi) is 11.5. The van der Waals surface area contributed by atoms with E-state index in [0.717, 1.165) is 19.3 Å². The van der Waals surface area contributed by atoms with E-state index in [1.807, 2.05) is 0 Å². The molecule has 23 heavy (non-hydrogen) atoms. The molecule has 0 spiro atoms. The molecular weight excluding hydrogens is 288 g/mol. The lowest BCUT2D eigenvalue weighted by atomic mass is 9.99. The fourth-order valence-electron chi connectivity index (χ4n) is 3.03. The summed E-state index contributed by atoms with van der Waals surface area (Å²) >= 11 is 0. The maximum atomic E-state index is 11.3. The predicted molar refractivity (Wildman–Crippen MR) is 94.0 cm³/mol. The molecule has 132 valence electrons. The maximum Gasteiger partial charge on any atom is 0.317 e. The number of cyclic esters (lactones) is 2.